The van der Waals surface area contributed by atoms with Gasteiger partial charge in [-0.25, -0.2) is 0 Å². The Hall–Kier alpha value is -0.530. The fourth-order valence-electron chi connectivity index (χ4n) is 0. The highest BCUT2D eigenvalue weighted by atomic mass is 16.2. The van der Waals surface area contributed by atoms with Crippen molar-refractivity contribution in [2.45, 2.75) is 6.92 Å². The van der Waals surface area contributed by atoms with E-state index in [4.69, 9.17) is 14.1 Å². The molecule has 0 N–H and O–H groups in total. The van der Waals surface area contributed by atoms with E-state index in [-0.39, 0.29) is 5.91 Å². The molecular weight excluding hydrogens is 78.0 g/mol. The van der Waals surface area contributed by atoms with Crippen LogP contribution < -0.4 is 0 Å². The average Bonchev–Trinajstić information content (AvgIpc) is 1.36. The molecule has 0 unspecified atom stereocenters. The van der Waals surface area contributed by atoms with Gasteiger partial charge in [-0.1, -0.05) is 0 Å². The van der Waals surface area contributed by atoms with Crippen LogP contribution in [0.25, 0.3) is 0 Å². The van der Waals surface area contributed by atoms with Crippen LogP contribution in [-0.4, -0.2) is 10.8 Å². The average molecular weight is 83.1 g/mol. The third-order valence-electron chi connectivity index (χ3n) is 0.364. The predicted molar refractivity (Wildman–Crippen MR) is 21.1 cm³/mol. The molecule has 0 bridgehead atoms. The normalized spacial score (nSPS) is 7.83. The molecule has 0 aromatic heterocycles. The first-order chi connectivity index (χ1) is 2.64. The molecule has 2 heteroatoms. The van der Waals surface area contributed by atoms with Crippen LogP contribution in [0.1, 0.15) is 6.92 Å². The fraction of sp³-hybridized carbons (Fsp3) is 0.250. The minimum absolute atomic E-state index is 0.352. The van der Waals surface area contributed by atoms with Crippen LogP contribution >= 0.6 is 0 Å². The number of carbonyl (C=O) groups excluding carboxylic acids is 1. The number of nitrogens with zero attached hydrogens (tertiary/aromatic N) is 1. The number of hydrogen-bond donors (Lipinski definition) is 0. The molecule has 4 radical (unpaired) electrons. The van der Waals surface area contributed by atoms with Gasteiger partial charge in [0.05, 0.1) is 14.1 Å². The summed E-state index contributed by atoms with van der Waals surface area (Å²) in [5, 5.41) is 0. The Labute approximate surface area is 37.8 Å². The summed E-state index contributed by atoms with van der Waals surface area (Å²) >= 11 is 0. The Morgan fingerprint density at radius 1 is 1.67 bits per heavy atom. The lowest BCUT2D eigenvalue weighted by Gasteiger charge is -1.99. The van der Waals surface area contributed by atoms with Gasteiger partial charge in [0.2, 0.25) is 5.91 Å². The van der Waals surface area contributed by atoms with Gasteiger partial charge < -0.3 is 4.90 Å². The molecule has 0 saturated carbocycles. The molecule has 0 rings (SSSR count). The Kier molecular flexibility index (Phi) is 1.64. The largest absolute Gasteiger partial charge is 0.328 e. The molecule has 0 aromatic carbocycles. The first-order valence-corrected chi connectivity index (χ1v) is 1.44. The van der Waals surface area contributed by atoms with E-state index >= 15 is 0 Å². The molecular formula is C4H5NO. The van der Waals surface area contributed by atoms with Gasteiger partial charge >= 0.3 is 0 Å². The van der Waals surface area contributed by atoms with Crippen LogP contribution in [0.2, 0.25) is 0 Å². The molecule has 0 aromatic rings. The van der Waals surface area contributed by atoms with Gasteiger partial charge in [0.15, 0.2) is 0 Å². The van der Waals surface area contributed by atoms with E-state index in [0.717, 1.165) is 0 Å². The quantitative estimate of drug-likeness (QED) is 0.382. The van der Waals surface area contributed by atoms with E-state index in [0.29, 0.717) is 4.90 Å². The zero-order valence-electron chi connectivity index (χ0n) is 3.51. The summed E-state index contributed by atoms with van der Waals surface area (Å²) < 4.78 is 0. The summed E-state index contributed by atoms with van der Waals surface area (Å²) in [5.41, 5.74) is 0. The zero-order valence-corrected chi connectivity index (χ0v) is 3.51. The van der Waals surface area contributed by atoms with Gasteiger partial charge in [-0.2, -0.15) is 0 Å². The number of hydrogen-bond acceptors (Lipinski definition) is 1. The van der Waals surface area contributed by atoms with Crippen molar-refractivity contribution in [3.8, 4) is 0 Å². The van der Waals surface area contributed by atoms with Crippen LogP contribution in [0.5, 0.6) is 0 Å². The van der Waals surface area contributed by atoms with Gasteiger partial charge in [-0.05, 0) is 0 Å². The van der Waals surface area contributed by atoms with E-state index in [9.17, 15) is 4.79 Å². The minimum Gasteiger partial charge on any atom is -0.328 e. The molecule has 0 saturated heterocycles. The second kappa shape index (κ2) is 1.80. The molecule has 1 amide bonds. The predicted octanol–water partition coefficient (Wildman–Crippen LogP) is 0.172. The second-order valence-corrected chi connectivity index (χ2v) is 0.926. The Balaban J connectivity index is 3.26. The highest BCUT2D eigenvalue weighted by Crippen LogP contribution is 1.75. The van der Waals surface area contributed by atoms with Crippen molar-refractivity contribution in [1.29, 1.82) is 0 Å². The highest BCUT2D eigenvalue weighted by Gasteiger charge is 1.89. The van der Waals surface area contributed by atoms with Crippen LogP contribution in [0.3, 0.4) is 0 Å². The van der Waals surface area contributed by atoms with E-state index in [1.54, 1.807) is 0 Å². The van der Waals surface area contributed by atoms with Crippen LogP contribution in [0.4, 0.5) is 0 Å². The molecule has 0 aliphatic rings. The van der Waals surface area contributed by atoms with Crippen molar-refractivity contribution in [1.82, 2.24) is 4.90 Å². The van der Waals surface area contributed by atoms with Crippen molar-refractivity contribution >= 4 is 5.91 Å². The SMILES string of the molecule is [CH]N([CH])C(C)=O. The lowest BCUT2D eigenvalue weighted by molar-refractivity contribution is -0.124. The maximum atomic E-state index is 9.82. The van der Waals surface area contributed by atoms with Crippen LogP contribution in [0.15, 0.2) is 0 Å². The lowest BCUT2D eigenvalue weighted by Crippen LogP contribution is -2.11. The minimum atomic E-state index is -0.352. The molecule has 0 spiro atoms. The number of carbonyl (C=O) groups is 1. The topological polar surface area (TPSA) is 20.3 Å². The van der Waals surface area contributed by atoms with Gasteiger partial charge in [-0.15, -0.1) is 0 Å². The fourth-order valence-corrected chi connectivity index (χ4v) is 0. The van der Waals surface area contributed by atoms with Crippen molar-refractivity contribution < 1.29 is 4.79 Å². The van der Waals surface area contributed by atoms with Crippen molar-refractivity contribution in [3.05, 3.63) is 14.1 Å². The van der Waals surface area contributed by atoms with Crippen molar-refractivity contribution in [3.63, 3.8) is 0 Å². The van der Waals surface area contributed by atoms with Crippen molar-refractivity contribution in [2.24, 2.45) is 0 Å². The second-order valence-electron chi connectivity index (χ2n) is 0.926. The molecule has 2 nitrogen and oxygen atoms in total. The molecule has 6 heavy (non-hydrogen) atoms. The van der Waals surface area contributed by atoms with Gasteiger partial charge in [0.1, 0.15) is 0 Å². The number of amides is 1. The van der Waals surface area contributed by atoms with Gasteiger partial charge in [0.25, 0.3) is 0 Å². The lowest BCUT2D eigenvalue weighted by atomic mass is 10.7. The molecule has 0 aliphatic carbocycles. The first kappa shape index (κ1) is 5.47. The summed E-state index contributed by atoms with van der Waals surface area (Å²) in [5.74, 6) is -0.352. The Bertz CT molecular complexity index is 58.6. The smallest absolute Gasteiger partial charge is 0.220 e. The Morgan fingerprint density at radius 2 is 1.83 bits per heavy atom. The first-order valence-electron chi connectivity index (χ1n) is 1.44. The zero-order chi connectivity index (χ0) is 5.15. The van der Waals surface area contributed by atoms with Crippen LogP contribution in [-0.2, 0) is 4.79 Å². The summed E-state index contributed by atoms with van der Waals surface area (Å²) in [6, 6.07) is 0. The van der Waals surface area contributed by atoms with Crippen LogP contribution in [0, 0.1) is 14.1 Å². The van der Waals surface area contributed by atoms with Gasteiger partial charge in [0, 0.05) is 6.92 Å². The molecule has 0 heterocycles. The van der Waals surface area contributed by atoms with E-state index in [2.05, 4.69) is 0 Å². The van der Waals surface area contributed by atoms with E-state index in [1.165, 1.54) is 6.92 Å². The van der Waals surface area contributed by atoms with E-state index in [1.807, 2.05) is 0 Å². The van der Waals surface area contributed by atoms with E-state index < -0.39 is 0 Å². The maximum absolute atomic E-state index is 9.82. The highest BCUT2D eigenvalue weighted by molar-refractivity contribution is 5.73. The third kappa shape index (κ3) is 1.76. The van der Waals surface area contributed by atoms with Crippen molar-refractivity contribution in [2.75, 3.05) is 0 Å². The summed E-state index contributed by atoms with van der Waals surface area (Å²) in [4.78, 5) is 10.3. The molecule has 32 valence electrons. The molecule has 0 atom stereocenters. The Morgan fingerprint density at radius 3 is 1.83 bits per heavy atom. The standard InChI is InChI=1S/C4H5NO/c1-4(6)5(2)3/h2-3H,1H3. The van der Waals surface area contributed by atoms with Gasteiger partial charge in [-0.3, -0.25) is 4.79 Å². The summed E-state index contributed by atoms with van der Waals surface area (Å²) in [7, 11) is 9.39. The third-order valence-corrected chi connectivity index (χ3v) is 0.364. The summed E-state index contributed by atoms with van der Waals surface area (Å²) in [6.45, 7) is 1.28. The monoisotopic (exact) mass is 83.0 g/mol. The maximum Gasteiger partial charge on any atom is 0.220 e. The molecule has 0 fully saturated rings. The summed E-state index contributed by atoms with van der Waals surface area (Å²) in [6.07, 6.45) is 0. The molecule has 0 aliphatic heterocycles. The number of rotatable bonds is 0.